The lowest BCUT2D eigenvalue weighted by Gasteiger charge is -2.23. The summed E-state index contributed by atoms with van der Waals surface area (Å²) in [4.78, 5) is 32.4. The number of azo groups is 2. The molecule has 0 aromatic heterocycles. The normalized spacial score (nSPS) is 16.4. The van der Waals surface area contributed by atoms with Crippen molar-refractivity contribution in [1.29, 1.82) is 0 Å². The molecule has 6 N–H and O–H groups in total. The summed E-state index contributed by atoms with van der Waals surface area (Å²) in [6, 6.07) is 0. The Labute approximate surface area is 225 Å². The molecule has 2 heterocycles. The molecular weight excluding hydrogens is 492 g/mol. The first-order chi connectivity index (χ1) is 17.6. The number of hydrogen-bond acceptors (Lipinski definition) is 12. The third-order valence-corrected chi connectivity index (χ3v) is 5.51. The van der Waals surface area contributed by atoms with Crippen LogP contribution >= 0.6 is 0 Å². The number of carbonyl (C=O) groups excluding carboxylic acids is 2. The largest absolute Gasteiger partial charge is 0.395 e. The Bertz CT molecular complexity index is 851. The molecule has 216 valence electrons. The van der Waals surface area contributed by atoms with Gasteiger partial charge >= 0.3 is 0 Å². The van der Waals surface area contributed by atoms with Crippen LogP contribution in [0.1, 0.15) is 55.4 Å². The highest BCUT2D eigenvalue weighted by molar-refractivity contribution is 5.93. The second-order valence-electron chi connectivity index (χ2n) is 10.9. The lowest BCUT2D eigenvalue weighted by atomic mass is 10.0. The number of amidine groups is 2. The molecule has 0 fully saturated rings. The molecule has 0 aromatic rings. The SMILES string of the molecule is CC(C)(N=NC(C)(C)C(=O)NCCO)C(=O)NCCO.CC(C)(N=NC(C)(C)C1=NCCN1)C1=NCCN1. The molecule has 38 heavy (non-hydrogen) atoms. The van der Waals surface area contributed by atoms with Crippen LogP contribution in [-0.2, 0) is 9.59 Å². The maximum absolute atomic E-state index is 11.8. The van der Waals surface area contributed by atoms with Crippen molar-refractivity contribution in [2.45, 2.75) is 77.5 Å². The van der Waals surface area contributed by atoms with Crippen molar-refractivity contribution < 1.29 is 19.8 Å². The molecule has 0 aromatic carbocycles. The number of hydrogen-bond donors (Lipinski definition) is 6. The molecular formula is C24H46N10O4. The number of nitrogens with one attached hydrogen (secondary N) is 4. The molecule has 0 bridgehead atoms. The number of aliphatic imine (C=N–C) groups is 2. The quantitative estimate of drug-likeness (QED) is 0.192. The molecule has 2 amide bonds. The van der Waals surface area contributed by atoms with Crippen LogP contribution in [0, 0.1) is 0 Å². The molecule has 0 saturated carbocycles. The van der Waals surface area contributed by atoms with E-state index in [1.165, 1.54) is 0 Å². The first kappa shape index (κ1) is 33.0. The van der Waals surface area contributed by atoms with Gasteiger partial charge in [-0.15, -0.1) is 0 Å². The van der Waals surface area contributed by atoms with E-state index in [0.717, 1.165) is 37.9 Å². The molecule has 14 heteroatoms. The molecule has 0 spiro atoms. The topological polar surface area (TPSA) is 197 Å². The molecule has 0 unspecified atom stereocenters. The number of aliphatic hydroxyl groups excluding tert-OH is 2. The van der Waals surface area contributed by atoms with Crippen LogP contribution in [-0.4, -0.2) is 108 Å². The molecule has 0 saturated heterocycles. The van der Waals surface area contributed by atoms with Gasteiger partial charge in [-0.05, 0) is 55.4 Å². The number of rotatable bonds is 12. The summed E-state index contributed by atoms with van der Waals surface area (Å²) in [5, 5.41) is 45.6. The summed E-state index contributed by atoms with van der Waals surface area (Å²) in [5.41, 5.74) is -3.06. The van der Waals surface area contributed by atoms with Gasteiger partial charge in [0.2, 0.25) is 11.8 Å². The Morgan fingerprint density at radius 2 is 1.05 bits per heavy atom. The van der Waals surface area contributed by atoms with Gasteiger partial charge in [-0.25, -0.2) is 0 Å². The van der Waals surface area contributed by atoms with Crippen LogP contribution in [0.25, 0.3) is 0 Å². The molecule has 2 aliphatic rings. The highest BCUT2D eigenvalue weighted by Crippen LogP contribution is 2.19. The summed E-state index contributed by atoms with van der Waals surface area (Å²) in [6.45, 7) is 17.7. The minimum absolute atomic E-state index is 0.137. The van der Waals surface area contributed by atoms with E-state index in [0.29, 0.717) is 0 Å². The Morgan fingerprint density at radius 3 is 1.32 bits per heavy atom. The lowest BCUT2D eigenvalue weighted by Crippen LogP contribution is -2.44. The van der Waals surface area contributed by atoms with E-state index in [4.69, 9.17) is 10.2 Å². The fourth-order valence-corrected chi connectivity index (χ4v) is 3.07. The fraction of sp³-hybridized carbons (Fsp3) is 0.833. The summed E-state index contributed by atoms with van der Waals surface area (Å²) in [7, 11) is 0. The number of nitrogens with zero attached hydrogens (tertiary/aromatic N) is 6. The average molecular weight is 539 g/mol. The maximum Gasteiger partial charge on any atom is 0.249 e. The van der Waals surface area contributed by atoms with Crippen molar-refractivity contribution in [2.24, 2.45) is 30.4 Å². The first-order valence-corrected chi connectivity index (χ1v) is 12.8. The molecule has 2 rings (SSSR count). The predicted molar refractivity (Wildman–Crippen MR) is 147 cm³/mol. The van der Waals surface area contributed by atoms with Gasteiger partial charge in [-0.3, -0.25) is 19.6 Å². The van der Waals surface area contributed by atoms with E-state index in [2.05, 4.69) is 51.7 Å². The second-order valence-corrected chi connectivity index (χ2v) is 10.9. The molecule has 2 aliphatic heterocycles. The first-order valence-electron chi connectivity index (χ1n) is 12.8. The zero-order valence-electron chi connectivity index (χ0n) is 24.1. The van der Waals surface area contributed by atoms with Crippen molar-refractivity contribution >= 4 is 23.5 Å². The highest BCUT2D eigenvalue weighted by Gasteiger charge is 2.32. The van der Waals surface area contributed by atoms with Crippen LogP contribution < -0.4 is 21.3 Å². The van der Waals surface area contributed by atoms with Crippen molar-refractivity contribution in [2.75, 3.05) is 52.5 Å². The van der Waals surface area contributed by atoms with E-state index < -0.39 is 22.2 Å². The predicted octanol–water partition coefficient (Wildman–Crippen LogP) is 0.212. The molecule has 0 atom stereocenters. The van der Waals surface area contributed by atoms with Gasteiger partial charge in [0, 0.05) is 26.2 Å². The van der Waals surface area contributed by atoms with E-state index in [-0.39, 0.29) is 38.1 Å². The van der Waals surface area contributed by atoms with Gasteiger partial charge in [-0.1, -0.05) is 0 Å². The Morgan fingerprint density at radius 1 is 0.711 bits per heavy atom. The monoisotopic (exact) mass is 538 g/mol. The summed E-state index contributed by atoms with van der Waals surface area (Å²) >= 11 is 0. The van der Waals surface area contributed by atoms with Crippen LogP contribution in [0.4, 0.5) is 0 Å². The van der Waals surface area contributed by atoms with Crippen LogP contribution in [0.5, 0.6) is 0 Å². The van der Waals surface area contributed by atoms with Crippen molar-refractivity contribution in [3.05, 3.63) is 0 Å². The van der Waals surface area contributed by atoms with Gasteiger partial charge in [0.1, 0.15) is 22.7 Å². The highest BCUT2D eigenvalue weighted by atomic mass is 16.3. The second kappa shape index (κ2) is 14.2. The summed E-state index contributed by atoms with van der Waals surface area (Å²) in [6.07, 6.45) is 0. The smallest absolute Gasteiger partial charge is 0.249 e. The maximum atomic E-state index is 11.8. The standard InChI is InChI=1S/C12H22N6.C12H24N4O4/c1-11(2,9-13-5-6-14-9)17-18-12(3,4)10-15-7-8-16-10;1-11(2,9(19)13-5-7-17)15-16-12(3,4)10(20)14-6-8-18/h5-8H2,1-4H3,(H,13,14)(H,15,16);17-18H,5-8H2,1-4H3,(H,13,19)(H,14,20). The Kier molecular flexibility index (Phi) is 12.4. The number of aliphatic hydroxyl groups is 2. The van der Waals surface area contributed by atoms with Gasteiger partial charge in [-0.2, -0.15) is 20.5 Å². The lowest BCUT2D eigenvalue weighted by molar-refractivity contribution is -0.127. The van der Waals surface area contributed by atoms with Gasteiger partial charge < -0.3 is 31.5 Å². The number of amides is 2. The van der Waals surface area contributed by atoms with E-state index >= 15 is 0 Å². The third kappa shape index (κ3) is 10.4. The zero-order valence-corrected chi connectivity index (χ0v) is 24.1. The van der Waals surface area contributed by atoms with E-state index in [1.807, 2.05) is 27.7 Å². The Balaban J connectivity index is 0.000000381. The van der Waals surface area contributed by atoms with Gasteiger partial charge in [0.15, 0.2) is 11.1 Å². The van der Waals surface area contributed by atoms with Gasteiger partial charge in [0.25, 0.3) is 0 Å². The molecule has 0 aliphatic carbocycles. The third-order valence-electron chi connectivity index (χ3n) is 5.51. The molecule has 14 nitrogen and oxygen atoms in total. The summed E-state index contributed by atoms with van der Waals surface area (Å²) in [5.74, 6) is 1.07. The minimum Gasteiger partial charge on any atom is -0.395 e. The van der Waals surface area contributed by atoms with E-state index in [9.17, 15) is 9.59 Å². The summed E-state index contributed by atoms with van der Waals surface area (Å²) < 4.78 is 0. The van der Waals surface area contributed by atoms with Crippen molar-refractivity contribution in [3.63, 3.8) is 0 Å². The van der Waals surface area contributed by atoms with Crippen molar-refractivity contribution in [3.8, 4) is 0 Å². The Hall–Kier alpha value is -3.00. The van der Waals surface area contributed by atoms with Gasteiger partial charge in [0.05, 0.1) is 26.3 Å². The van der Waals surface area contributed by atoms with E-state index in [1.54, 1.807) is 27.7 Å². The van der Waals surface area contributed by atoms with Crippen molar-refractivity contribution in [1.82, 2.24) is 21.3 Å². The number of carbonyl (C=O) groups is 2. The van der Waals surface area contributed by atoms with Crippen LogP contribution in [0.15, 0.2) is 30.4 Å². The zero-order chi connectivity index (χ0) is 29.0. The molecule has 0 radical (unpaired) electrons. The minimum atomic E-state index is -1.14. The van der Waals surface area contributed by atoms with Crippen LogP contribution in [0.2, 0.25) is 0 Å². The van der Waals surface area contributed by atoms with Crippen LogP contribution in [0.3, 0.4) is 0 Å². The fourth-order valence-electron chi connectivity index (χ4n) is 3.07. The average Bonchev–Trinajstić information content (AvgIpc) is 3.59.